The third kappa shape index (κ3) is 3.69. The van der Waals surface area contributed by atoms with Gasteiger partial charge in [0.2, 0.25) is 0 Å². The van der Waals surface area contributed by atoms with Gasteiger partial charge >= 0.3 is 0 Å². The van der Waals surface area contributed by atoms with Crippen LogP contribution in [0.3, 0.4) is 0 Å². The zero-order chi connectivity index (χ0) is 13.8. The molecule has 0 aliphatic heterocycles. The summed E-state index contributed by atoms with van der Waals surface area (Å²) >= 11 is 9.83. The van der Waals surface area contributed by atoms with Gasteiger partial charge in [-0.2, -0.15) is 0 Å². The van der Waals surface area contributed by atoms with E-state index < -0.39 is 0 Å². The molecule has 0 N–H and O–H groups in total. The van der Waals surface area contributed by atoms with Crippen LogP contribution in [0, 0.1) is 16.0 Å². The maximum atomic E-state index is 11.0. The van der Waals surface area contributed by atoms with Gasteiger partial charge in [0, 0.05) is 16.5 Å². The number of nitrogens with zero attached hydrogens (tertiary/aromatic N) is 1. The first-order valence-electron chi connectivity index (χ1n) is 6.65. The Morgan fingerprint density at radius 3 is 2.74 bits per heavy atom. The molecular formula is C14H17BrClNO2. The van der Waals surface area contributed by atoms with E-state index in [0.717, 1.165) is 6.42 Å². The molecule has 2 rings (SSSR count). The zero-order valence-corrected chi connectivity index (χ0v) is 13.0. The number of rotatable bonds is 5. The molecule has 0 radical (unpaired) electrons. The summed E-state index contributed by atoms with van der Waals surface area (Å²) in [7, 11) is 0. The second kappa shape index (κ2) is 6.71. The van der Waals surface area contributed by atoms with Crippen LogP contribution in [-0.2, 0) is 6.42 Å². The van der Waals surface area contributed by atoms with Gasteiger partial charge in [-0.15, -0.1) is 0 Å². The number of benzene rings is 1. The molecule has 0 bridgehead atoms. The molecule has 3 nitrogen and oxygen atoms in total. The standard InChI is InChI=1S/C14H17BrClNO2/c15-12(10-4-1-2-5-10)9-8-11-13(16)6-3-7-14(11)17(18)19/h3,6-7,10,12H,1-2,4-5,8-9H2. The molecule has 0 heterocycles. The number of hydrogen-bond acceptors (Lipinski definition) is 2. The summed E-state index contributed by atoms with van der Waals surface area (Å²) < 4.78 is 0. The van der Waals surface area contributed by atoms with Crippen LogP contribution in [0.2, 0.25) is 5.02 Å². The highest BCUT2D eigenvalue weighted by Crippen LogP contribution is 2.35. The highest BCUT2D eigenvalue weighted by atomic mass is 79.9. The predicted octanol–water partition coefficient (Wildman–Crippen LogP) is 5.13. The minimum absolute atomic E-state index is 0.138. The molecule has 1 aromatic rings. The van der Waals surface area contributed by atoms with Crippen LogP contribution in [0.5, 0.6) is 0 Å². The van der Waals surface area contributed by atoms with Crippen LogP contribution in [0.15, 0.2) is 18.2 Å². The van der Waals surface area contributed by atoms with E-state index in [0.29, 0.717) is 27.8 Å². The molecule has 1 aliphatic carbocycles. The van der Waals surface area contributed by atoms with Crippen molar-refractivity contribution in [3.05, 3.63) is 38.9 Å². The highest BCUT2D eigenvalue weighted by Gasteiger charge is 2.24. The van der Waals surface area contributed by atoms with Gasteiger partial charge in [-0.25, -0.2) is 0 Å². The smallest absolute Gasteiger partial charge is 0.258 e. The van der Waals surface area contributed by atoms with Gasteiger partial charge in [0.1, 0.15) is 0 Å². The molecule has 5 heteroatoms. The molecule has 0 saturated heterocycles. The lowest BCUT2D eigenvalue weighted by Gasteiger charge is -2.17. The van der Waals surface area contributed by atoms with E-state index in [2.05, 4.69) is 15.9 Å². The minimum atomic E-state index is -0.347. The molecule has 104 valence electrons. The van der Waals surface area contributed by atoms with Crippen molar-refractivity contribution in [2.24, 2.45) is 5.92 Å². The first-order valence-corrected chi connectivity index (χ1v) is 7.95. The largest absolute Gasteiger partial charge is 0.274 e. The van der Waals surface area contributed by atoms with Crippen molar-refractivity contribution in [3.8, 4) is 0 Å². The minimum Gasteiger partial charge on any atom is -0.258 e. The van der Waals surface area contributed by atoms with Crippen molar-refractivity contribution in [2.75, 3.05) is 0 Å². The lowest BCUT2D eigenvalue weighted by molar-refractivity contribution is -0.385. The first kappa shape index (κ1) is 14.8. The highest BCUT2D eigenvalue weighted by molar-refractivity contribution is 9.09. The summed E-state index contributed by atoms with van der Waals surface area (Å²) in [6, 6.07) is 4.88. The van der Waals surface area contributed by atoms with Crippen molar-refractivity contribution in [2.45, 2.75) is 43.4 Å². The molecule has 1 unspecified atom stereocenters. The Morgan fingerprint density at radius 2 is 2.11 bits per heavy atom. The molecule has 1 saturated carbocycles. The maximum absolute atomic E-state index is 11.0. The SMILES string of the molecule is O=[N+]([O-])c1cccc(Cl)c1CCC(Br)C1CCCC1. The van der Waals surface area contributed by atoms with E-state index >= 15 is 0 Å². The number of hydrogen-bond donors (Lipinski definition) is 0. The van der Waals surface area contributed by atoms with Crippen molar-refractivity contribution < 1.29 is 4.92 Å². The maximum Gasteiger partial charge on any atom is 0.274 e. The van der Waals surface area contributed by atoms with Crippen LogP contribution < -0.4 is 0 Å². The number of nitro benzene ring substituents is 1. The van der Waals surface area contributed by atoms with E-state index in [4.69, 9.17) is 11.6 Å². The van der Waals surface area contributed by atoms with E-state index in [9.17, 15) is 10.1 Å². The Kier molecular flexibility index (Phi) is 5.22. The molecule has 0 spiro atoms. The van der Waals surface area contributed by atoms with E-state index in [1.54, 1.807) is 12.1 Å². The van der Waals surface area contributed by atoms with Gasteiger partial charge in [-0.05, 0) is 37.7 Å². The fraction of sp³-hybridized carbons (Fsp3) is 0.571. The summed E-state index contributed by atoms with van der Waals surface area (Å²) in [5.74, 6) is 0.710. The van der Waals surface area contributed by atoms with Gasteiger partial charge in [0.15, 0.2) is 0 Å². The summed E-state index contributed by atoms with van der Waals surface area (Å²) in [5.41, 5.74) is 0.801. The van der Waals surface area contributed by atoms with Crippen molar-refractivity contribution >= 4 is 33.2 Å². The molecular weight excluding hydrogens is 330 g/mol. The first-order chi connectivity index (χ1) is 9.09. The normalized spacial score (nSPS) is 17.6. The van der Waals surface area contributed by atoms with Crippen LogP contribution in [-0.4, -0.2) is 9.75 Å². The average Bonchev–Trinajstić information content (AvgIpc) is 2.90. The Morgan fingerprint density at radius 1 is 1.42 bits per heavy atom. The van der Waals surface area contributed by atoms with Gasteiger partial charge < -0.3 is 0 Å². The zero-order valence-electron chi connectivity index (χ0n) is 10.6. The quantitative estimate of drug-likeness (QED) is 0.421. The average molecular weight is 347 g/mol. The molecule has 19 heavy (non-hydrogen) atoms. The molecule has 1 aromatic carbocycles. The molecule has 1 aliphatic rings. The van der Waals surface area contributed by atoms with Gasteiger partial charge in [0.25, 0.3) is 5.69 Å². The fourth-order valence-corrected chi connectivity index (χ4v) is 3.82. The topological polar surface area (TPSA) is 43.1 Å². The van der Waals surface area contributed by atoms with Crippen molar-refractivity contribution in [3.63, 3.8) is 0 Å². The summed E-state index contributed by atoms with van der Waals surface area (Å²) in [6.45, 7) is 0. The van der Waals surface area contributed by atoms with Crippen LogP contribution >= 0.6 is 27.5 Å². The van der Waals surface area contributed by atoms with Gasteiger partial charge in [0.05, 0.1) is 9.95 Å². The number of alkyl halides is 1. The second-order valence-corrected chi connectivity index (χ2v) is 6.68. The summed E-state index contributed by atoms with van der Waals surface area (Å²) in [4.78, 5) is 11.1. The van der Waals surface area contributed by atoms with Crippen LogP contribution in [0.1, 0.15) is 37.7 Å². The van der Waals surface area contributed by atoms with E-state index in [1.807, 2.05) is 0 Å². The molecule has 0 aromatic heterocycles. The Labute approximate surface area is 126 Å². The predicted molar refractivity (Wildman–Crippen MR) is 81.1 cm³/mol. The molecule has 1 atom stereocenters. The fourth-order valence-electron chi connectivity index (χ4n) is 2.80. The Hall–Kier alpha value is -0.610. The number of nitro groups is 1. The summed E-state index contributed by atoms with van der Waals surface area (Å²) in [5, 5.41) is 11.5. The summed E-state index contributed by atoms with van der Waals surface area (Å²) in [6.07, 6.45) is 6.69. The van der Waals surface area contributed by atoms with E-state index in [-0.39, 0.29) is 10.6 Å². The van der Waals surface area contributed by atoms with E-state index in [1.165, 1.54) is 31.7 Å². The van der Waals surface area contributed by atoms with Crippen molar-refractivity contribution in [1.82, 2.24) is 0 Å². The Balaban J connectivity index is 2.04. The Bertz CT molecular complexity index is 461. The number of halogens is 2. The lowest BCUT2D eigenvalue weighted by Crippen LogP contribution is -2.12. The second-order valence-electron chi connectivity index (χ2n) is 5.09. The molecule has 1 fully saturated rings. The third-order valence-corrected chi connectivity index (χ3v) is 5.43. The van der Waals surface area contributed by atoms with Crippen LogP contribution in [0.25, 0.3) is 0 Å². The third-order valence-electron chi connectivity index (χ3n) is 3.87. The van der Waals surface area contributed by atoms with Gasteiger partial charge in [-0.1, -0.05) is 46.4 Å². The van der Waals surface area contributed by atoms with Crippen molar-refractivity contribution in [1.29, 1.82) is 0 Å². The molecule has 0 amide bonds. The lowest BCUT2D eigenvalue weighted by atomic mass is 9.97. The van der Waals surface area contributed by atoms with Gasteiger partial charge in [-0.3, -0.25) is 10.1 Å². The monoisotopic (exact) mass is 345 g/mol. The van der Waals surface area contributed by atoms with Crippen LogP contribution in [0.4, 0.5) is 5.69 Å².